The van der Waals surface area contributed by atoms with E-state index in [0.29, 0.717) is 17.6 Å². The van der Waals surface area contributed by atoms with Gasteiger partial charge in [0.15, 0.2) is 0 Å². The molecule has 1 aliphatic heterocycles. The molecule has 0 atom stereocenters. The van der Waals surface area contributed by atoms with Gasteiger partial charge in [0.05, 0.1) is 7.11 Å². The van der Waals surface area contributed by atoms with Crippen LogP contribution < -0.4 is 4.74 Å². The van der Waals surface area contributed by atoms with E-state index >= 15 is 0 Å². The van der Waals surface area contributed by atoms with Gasteiger partial charge in [-0.3, -0.25) is 4.79 Å². The van der Waals surface area contributed by atoms with Gasteiger partial charge in [0.25, 0.3) is 5.91 Å². The third-order valence-corrected chi connectivity index (χ3v) is 4.60. The van der Waals surface area contributed by atoms with Gasteiger partial charge in [-0.25, -0.2) is 4.98 Å². The summed E-state index contributed by atoms with van der Waals surface area (Å²) in [5, 5.41) is 1.91. The standard InChI is InChI=1S/C18H23N3O2/c1-20(2)14-8-10-21(11-9-14)18(22)16-12-13-6-4-5-7-15(13)17(19-16)23-3/h4-7,12,14H,8-11H2,1-3H3. The molecule has 23 heavy (non-hydrogen) atoms. The molecular formula is C18H23N3O2. The predicted molar refractivity (Wildman–Crippen MR) is 90.9 cm³/mol. The van der Waals surface area contributed by atoms with Crippen LogP contribution in [-0.2, 0) is 0 Å². The Morgan fingerprint density at radius 1 is 1.26 bits per heavy atom. The van der Waals surface area contributed by atoms with Gasteiger partial charge in [0, 0.05) is 24.5 Å². The Balaban J connectivity index is 1.84. The second-order valence-corrected chi connectivity index (χ2v) is 6.22. The van der Waals surface area contributed by atoms with Crippen LogP contribution >= 0.6 is 0 Å². The molecule has 1 fully saturated rings. The van der Waals surface area contributed by atoms with Crippen molar-refractivity contribution < 1.29 is 9.53 Å². The monoisotopic (exact) mass is 313 g/mol. The molecule has 0 aliphatic carbocycles. The number of methoxy groups -OCH3 is 1. The zero-order valence-corrected chi connectivity index (χ0v) is 14.0. The normalized spacial score (nSPS) is 16.1. The first-order chi connectivity index (χ1) is 11.1. The first kappa shape index (κ1) is 15.7. The largest absolute Gasteiger partial charge is 0.481 e. The summed E-state index contributed by atoms with van der Waals surface area (Å²) in [6, 6.07) is 10.3. The van der Waals surface area contributed by atoms with E-state index in [2.05, 4.69) is 24.0 Å². The number of ether oxygens (including phenoxy) is 1. The lowest BCUT2D eigenvalue weighted by atomic mass is 10.0. The summed E-state index contributed by atoms with van der Waals surface area (Å²) in [4.78, 5) is 21.3. The van der Waals surface area contributed by atoms with Gasteiger partial charge in [-0.15, -0.1) is 0 Å². The summed E-state index contributed by atoms with van der Waals surface area (Å²) in [5.74, 6) is 0.501. The maximum absolute atomic E-state index is 12.8. The number of hydrogen-bond donors (Lipinski definition) is 0. The smallest absolute Gasteiger partial charge is 0.272 e. The number of pyridine rings is 1. The Morgan fingerprint density at radius 3 is 2.61 bits per heavy atom. The molecule has 0 bridgehead atoms. The quantitative estimate of drug-likeness (QED) is 0.873. The molecule has 5 nitrogen and oxygen atoms in total. The second-order valence-electron chi connectivity index (χ2n) is 6.22. The van der Waals surface area contributed by atoms with Crippen molar-refractivity contribution in [2.75, 3.05) is 34.3 Å². The van der Waals surface area contributed by atoms with Gasteiger partial charge in [-0.1, -0.05) is 18.2 Å². The summed E-state index contributed by atoms with van der Waals surface area (Å²) in [7, 11) is 5.78. The maximum Gasteiger partial charge on any atom is 0.272 e. The minimum atomic E-state index is -0.00809. The van der Waals surface area contributed by atoms with Crippen LogP contribution in [0.1, 0.15) is 23.3 Å². The average Bonchev–Trinajstić information content (AvgIpc) is 2.60. The van der Waals surface area contributed by atoms with Gasteiger partial charge < -0.3 is 14.5 Å². The number of nitrogens with zero attached hydrogens (tertiary/aromatic N) is 3. The van der Waals surface area contributed by atoms with Crippen molar-refractivity contribution in [2.24, 2.45) is 0 Å². The third kappa shape index (κ3) is 3.15. The molecule has 1 aliphatic rings. The van der Waals surface area contributed by atoms with E-state index < -0.39 is 0 Å². The molecule has 0 N–H and O–H groups in total. The van der Waals surface area contributed by atoms with E-state index in [1.165, 1.54) is 0 Å². The van der Waals surface area contributed by atoms with Crippen molar-refractivity contribution in [2.45, 2.75) is 18.9 Å². The van der Waals surface area contributed by atoms with Crippen molar-refractivity contribution in [3.63, 3.8) is 0 Å². The Bertz CT molecular complexity index is 706. The van der Waals surface area contributed by atoms with Crippen LogP contribution in [0, 0.1) is 0 Å². The Hall–Kier alpha value is -2.14. The minimum Gasteiger partial charge on any atom is -0.481 e. The summed E-state index contributed by atoms with van der Waals surface area (Å²) in [6.07, 6.45) is 2.01. The number of piperidine rings is 1. The highest BCUT2D eigenvalue weighted by Crippen LogP contribution is 2.25. The summed E-state index contributed by atoms with van der Waals surface area (Å²) >= 11 is 0. The van der Waals surface area contributed by atoms with E-state index in [1.807, 2.05) is 35.2 Å². The third-order valence-electron chi connectivity index (χ3n) is 4.60. The number of rotatable bonds is 3. The van der Waals surface area contributed by atoms with Gasteiger partial charge in [0.2, 0.25) is 5.88 Å². The molecule has 1 aromatic heterocycles. The summed E-state index contributed by atoms with van der Waals surface area (Å²) in [5.41, 5.74) is 0.462. The van der Waals surface area contributed by atoms with Crippen LogP contribution in [0.15, 0.2) is 30.3 Å². The predicted octanol–water partition coefficient (Wildman–Crippen LogP) is 2.41. The van der Waals surface area contributed by atoms with Gasteiger partial charge >= 0.3 is 0 Å². The van der Waals surface area contributed by atoms with E-state index in [1.54, 1.807) is 7.11 Å². The van der Waals surface area contributed by atoms with Crippen molar-refractivity contribution >= 4 is 16.7 Å². The Labute approximate surface area is 136 Å². The lowest BCUT2D eigenvalue weighted by molar-refractivity contribution is 0.0657. The highest BCUT2D eigenvalue weighted by Gasteiger charge is 2.26. The van der Waals surface area contributed by atoms with Crippen LogP contribution in [-0.4, -0.2) is 61.0 Å². The fourth-order valence-corrected chi connectivity index (χ4v) is 3.18. The van der Waals surface area contributed by atoms with Gasteiger partial charge in [0.1, 0.15) is 5.69 Å². The molecule has 1 saturated heterocycles. The van der Waals surface area contributed by atoms with Crippen molar-refractivity contribution in [3.05, 3.63) is 36.0 Å². The first-order valence-corrected chi connectivity index (χ1v) is 7.99. The minimum absolute atomic E-state index is 0.00809. The Morgan fingerprint density at radius 2 is 1.96 bits per heavy atom. The fourth-order valence-electron chi connectivity index (χ4n) is 3.18. The summed E-state index contributed by atoms with van der Waals surface area (Å²) < 4.78 is 5.37. The topological polar surface area (TPSA) is 45.7 Å². The highest BCUT2D eigenvalue weighted by atomic mass is 16.5. The number of hydrogen-bond acceptors (Lipinski definition) is 4. The number of benzene rings is 1. The lowest BCUT2D eigenvalue weighted by Gasteiger charge is -2.35. The number of aromatic nitrogens is 1. The lowest BCUT2D eigenvalue weighted by Crippen LogP contribution is -2.44. The number of fused-ring (bicyclic) bond motifs is 1. The van der Waals surface area contributed by atoms with Crippen LogP contribution in [0.3, 0.4) is 0 Å². The highest BCUT2D eigenvalue weighted by molar-refractivity contribution is 5.98. The zero-order chi connectivity index (χ0) is 16.4. The molecule has 0 spiro atoms. The molecule has 5 heteroatoms. The zero-order valence-electron chi connectivity index (χ0n) is 14.0. The second kappa shape index (κ2) is 6.54. The molecule has 3 rings (SSSR count). The fraction of sp³-hybridized carbons (Fsp3) is 0.444. The molecule has 1 amide bonds. The number of carbonyl (C=O) groups is 1. The van der Waals surface area contributed by atoms with Gasteiger partial charge in [-0.2, -0.15) is 0 Å². The SMILES string of the molecule is COc1nc(C(=O)N2CCC(N(C)C)CC2)cc2ccccc12. The number of amides is 1. The molecule has 2 aromatic rings. The maximum atomic E-state index is 12.8. The van der Waals surface area contributed by atoms with Crippen molar-refractivity contribution in [1.82, 2.24) is 14.8 Å². The number of carbonyl (C=O) groups excluding carboxylic acids is 1. The van der Waals surface area contributed by atoms with E-state index in [9.17, 15) is 4.79 Å². The molecule has 0 unspecified atom stereocenters. The van der Waals surface area contributed by atoms with Crippen LogP contribution in [0.25, 0.3) is 10.8 Å². The molecule has 2 heterocycles. The van der Waals surface area contributed by atoms with Crippen LogP contribution in [0.2, 0.25) is 0 Å². The summed E-state index contributed by atoms with van der Waals surface area (Å²) in [6.45, 7) is 1.55. The first-order valence-electron chi connectivity index (χ1n) is 7.99. The molecule has 0 saturated carbocycles. The van der Waals surface area contributed by atoms with E-state index in [4.69, 9.17) is 4.74 Å². The van der Waals surface area contributed by atoms with E-state index in [-0.39, 0.29) is 5.91 Å². The molecule has 122 valence electrons. The molecular weight excluding hydrogens is 290 g/mol. The molecule has 0 radical (unpaired) electrons. The van der Waals surface area contributed by atoms with Crippen LogP contribution in [0.4, 0.5) is 0 Å². The Kier molecular flexibility index (Phi) is 4.48. The van der Waals surface area contributed by atoms with Crippen molar-refractivity contribution in [1.29, 1.82) is 0 Å². The number of likely N-dealkylation sites (tertiary alicyclic amines) is 1. The van der Waals surface area contributed by atoms with Gasteiger partial charge in [-0.05, 0) is 44.5 Å². The molecule has 1 aromatic carbocycles. The van der Waals surface area contributed by atoms with Crippen LogP contribution in [0.5, 0.6) is 5.88 Å². The average molecular weight is 313 g/mol. The van der Waals surface area contributed by atoms with Crippen molar-refractivity contribution in [3.8, 4) is 5.88 Å². The van der Waals surface area contributed by atoms with E-state index in [0.717, 1.165) is 36.7 Å².